The molecule has 0 amide bonds. The molecule has 2 fully saturated rings. The van der Waals surface area contributed by atoms with E-state index in [1.165, 1.54) is 29.7 Å². The molecule has 2 bridgehead atoms. The fraction of sp³-hybridized carbons (Fsp3) is 0.562. The molecule has 1 aromatic carbocycles. The highest BCUT2D eigenvalue weighted by molar-refractivity contribution is 5.83. The lowest BCUT2D eigenvalue weighted by Gasteiger charge is -2.38. The van der Waals surface area contributed by atoms with Crippen LogP contribution in [0.15, 0.2) is 18.2 Å². The highest BCUT2D eigenvalue weighted by Gasteiger charge is 2.41. The van der Waals surface area contributed by atoms with Gasteiger partial charge < -0.3 is 4.90 Å². The molecule has 3 rings (SSSR count). The molecule has 96 valence electrons. The summed E-state index contributed by atoms with van der Waals surface area (Å²) in [6, 6.07) is 7.50. The van der Waals surface area contributed by atoms with Crippen LogP contribution in [0.2, 0.25) is 0 Å². The number of benzene rings is 1. The minimum Gasteiger partial charge on any atom is -0.364 e. The lowest BCUT2D eigenvalue weighted by molar-refractivity contribution is -0.120. The third-order valence-electron chi connectivity index (χ3n) is 4.51. The Morgan fingerprint density at radius 1 is 1.22 bits per heavy atom. The van der Waals surface area contributed by atoms with Crippen LogP contribution in [-0.2, 0) is 11.2 Å². The van der Waals surface area contributed by atoms with Gasteiger partial charge in [-0.15, -0.1) is 0 Å². The van der Waals surface area contributed by atoms with Crippen LogP contribution in [0.5, 0.6) is 0 Å². The van der Waals surface area contributed by atoms with Crippen molar-refractivity contribution in [3.63, 3.8) is 0 Å². The van der Waals surface area contributed by atoms with E-state index in [0.717, 1.165) is 19.3 Å². The van der Waals surface area contributed by atoms with E-state index in [-0.39, 0.29) is 0 Å². The summed E-state index contributed by atoms with van der Waals surface area (Å²) in [7, 11) is 0. The maximum absolute atomic E-state index is 11.7. The minimum absolute atomic E-state index is 0.461. The van der Waals surface area contributed by atoms with E-state index in [1.54, 1.807) is 0 Å². The molecule has 2 saturated heterocycles. The molecule has 0 radical (unpaired) electrons. The molecule has 2 atom stereocenters. The Morgan fingerprint density at radius 2 is 1.89 bits per heavy atom. The van der Waals surface area contributed by atoms with Gasteiger partial charge in [0.25, 0.3) is 0 Å². The number of hydrogen-bond acceptors (Lipinski definition) is 2. The Kier molecular flexibility index (Phi) is 2.89. The zero-order chi connectivity index (χ0) is 12.7. The number of nitrogens with zero attached hydrogens (tertiary/aromatic N) is 1. The van der Waals surface area contributed by atoms with Gasteiger partial charge in [-0.05, 0) is 37.3 Å². The summed E-state index contributed by atoms with van der Waals surface area (Å²) in [4.78, 5) is 14.3. The monoisotopic (exact) mass is 243 g/mol. The van der Waals surface area contributed by atoms with Gasteiger partial charge in [0.2, 0.25) is 0 Å². The molecule has 18 heavy (non-hydrogen) atoms. The maximum atomic E-state index is 11.7. The van der Waals surface area contributed by atoms with Gasteiger partial charge in [0.05, 0.1) is 0 Å². The topological polar surface area (TPSA) is 20.3 Å². The summed E-state index contributed by atoms with van der Waals surface area (Å²) >= 11 is 0. The van der Waals surface area contributed by atoms with Crippen molar-refractivity contribution in [2.75, 3.05) is 4.90 Å². The van der Waals surface area contributed by atoms with Crippen LogP contribution in [0, 0.1) is 6.92 Å². The first-order valence-electron chi connectivity index (χ1n) is 7.09. The Bertz CT molecular complexity index is 464. The molecule has 2 aliphatic heterocycles. The maximum Gasteiger partial charge on any atom is 0.137 e. The van der Waals surface area contributed by atoms with Crippen LogP contribution < -0.4 is 4.90 Å². The molecular weight excluding hydrogens is 222 g/mol. The number of piperidine rings is 1. The third-order valence-corrected chi connectivity index (χ3v) is 4.51. The van der Waals surface area contributed by atoms with E-state index >= 15 is 0 Å². The van der Waals surface area contributed by atoms with Crippen LogP contribution in [0.25, 0.3) is 0 Å². The average molecular weight is 243 g/mol. The first kappa shape index (κ1) is 11.8. The summed E-state index contributed by atoms with van der Waals surface area (Å²) in [5.74, 6) is 0.463. The summed E-state index contributed by atoms with van der Waals surface area (Å²) in [5.41, 5.74) is 4.21. The van der Waals surface area contributed by atoms with E-state index < -0.39 is 0 Å². The van der Waals surface area contributed by atoms with Gasteiger partial charge in [0.1, 0.15) is 5.78 Å². The summed E-state index contributed by atoms with van der Waals surface area (Å²) < 4.78 is 0. The van der Waals surface area contributed by atoms with E-state index in [1.807, 2.05) is 0 Å². The smallest absolute Gasteiger partial charge is 0.137 e. The first-order chi connectivity index (χ1) is 8.70. The average Bonchev–Trinajstić information content (AvgIpc) is 2.61. The molecule has 1 aromatic rings. The molecular formula is C16H21NO. The van der Waals surface area contributed by atoms with Crippen LogP contribution >= 0.6 is 0 Å². The zero-order valence-corrected chi connectivity index (χ0v) is 11.3. The van der Waals surface area contributed by atoms with Crippen molar-refractivity contribution >= 4 is 11.5 Å². The highest BCUT2D eigenvalue weighted by Crippen LogP contribution is 2.40. The molecule has 2 aliphatic rings. The van der Waals surface area contributed by atoms with Crippen LogP contribution in [0.4, 0.5) is 5.69 Å². The van der Waals surface area contributed by atoms with Gasteiger partial charge in [0, 0.05) is 30.6 Å². The Morgan fingerprint density at radius 3 is 2.50 bits per heavy atom. The summed E-state index contributed by atoms with van der Waals surface area (Å²) in [5, 5.41) is 0. The molecule has 0 N–H and O–H groups in total. The van der Waals surface area contributed by atoms with Gasteiger partial charge in [-0.1, -0.05) is 25.1 Å². The van der Waals surface area contributed by atoms with E-state index in [9.17, 15) is 4.79 Å². The van der Waals surface area contributed by atoms with E-state index in [0.29, 0.717) is 17.9 Å². The number of ketones is 1. The summed E-state index contributed by atoms with van der Waals surface area (Å²) in [6.45, 7) is 4.42. The molecule has 2 heterocycles. The second-order valence-electron chi connectivity index (χ2n) is 5.68. The normalized spacial score (nSPS) is 26.8. The van der Waals surface area contributed by atoms with Crippen molar-refractivity contribution in [1.82, 2.24) is 0 Å². The fourth-order valence-corrected chi connectivity index (χ4v) is 3.71. The van der Waals surface area contributed by atoms with Crippen molar-refractivity contribution in [1.29, 1.82) is 0 Å². The molecule has 0 saturated carbocycles. The number of fused-ring (bicyclic) bond motifs is 2. The molecule has 2 unspecified atom stereocenters. The van der Waals surface area contributed by atoms with Crippen LogP contribution in [-0.4, -0.2) is 17.9 Å². The van der Waals surface area contributed by atoms with Crippen molar-refractivity contribution in [2.45, 2.75) is 58.0 Å². The Hall–Kier alpha value is -1.31. The molecule has 2 heteroatoms. The predicted molar refractivity (Wildman–Crippen MR) is 74.1 cm³/mol. The molecule has 2 nitrogen and oxygen atoms in total. The minimum atomic E-state index is 0.461. The third kappa shape index (κ3) is 1.75. The predicted octanol–water partition coefficient (Wildman–Crippen LogP) is 3.26. The van der Waals surface area contributed by atoms with Gasteiger partial charge in [-0.3, -0.25) is 4.79 Å². The van der Waals surface area contributed by atoms with Gasteiger partial charge in [-0.25, -0.2) is 0 Å². The molecule has 0 spiro atoms. The van der Waals surface area contributed by atoms with Crippen molar-refractivity contribution in [2.24, 2.45) is 0 Å². The quantitative estimate of drug-likeness (QED) is 0.794. The Labute approximate surface area is 109 Å². The zero-order valence-electron chi connectivity index (χ0n) is 11.3. The number of hydrogen-bond donors (Lipinski definition) is 0. The van der Waals surface area contributed by atoms with Gasteiger partial charge >= 0.3 is 0 Å². The number of para-hydroxylation sites is 1. The first-order valence-corrected chi connectivity index (χ1v) is 7.09. The van der Waals surface area contributed by atoms with Crippen molar-refractivity contribution in [3.8, 4) is 0 Å². The van der Waals surface area contributed by atoms with Crippen molar-refractivity contribution < 1.29 is 4.79 Å². The number of carbonyl (C=O) groups excluding carboxylic acids is 1. The second kappa shape index (κ2) is 4.42. The second-order valence-corrected chi connectivity index (χ2v) is 5.68. The largest absolute Gasteiger partial charge is 0.364 e. The van der Waals surface area contributed by atoms with Crippen LogP contribution in [0.3, 0.4) is 0 Å². The number of carbonyl (C=O) groups is 1. The fourth-order valence-electron chi connectivity index (χ4n) is 3.71. The van der Waals surface area contributed by atoms with E-state index in [4.69, 9.17) is 0 Å². The van der Waals surface area contributed by atoms with Gasteiger partial charge in [-0.2, -0.15) is 0 Å². The van der Waals surface area contributed by atoms with Crippen LogP contribution in [0.1, 0.15) is 43.7 Å². The standard InChI is InChI=1S/C16H21NO/c1-3-12-6-4-5-11(2)16(12)17-13-7-8-14(17)10-15(18)9-13/h4-6,13-14H,3,7-10H2,1-2H3. The number of aryl methyl sites for hydroxylation is 2. The lowest BCUT2D eigenvalue weighted by Crippen LogP contribution is -2.44. The molecule has 0 aromatic heterocycles. The lowest BCUT2D eigenvalue weighted by atomic mass is 9.96. The number of Topliss-reactive ketones (excluding diaryl/α,β-unsaturated/α-hetero) is 1. The highest BCUT2D eigenvalue weighted by atomic mass is 16.1. The summed E-state index contributed by atoms with van der Waals surface area (Å²) in [6.07, 6.45) is 4.96. The number of anilines is 1. The SMILES string of the molecule is CCc1cccc(C)c1N1C2CCC1CC(=O)C2. The number of rotatable bonds is 2. The van der Waals surface area contributed by atoms with E-state index in [2.05, 4.69) is 36.9 Å². The van der Waals surface area contributed by atoms with Gasteiger partial charge in [0.15, 0.2) is 0 Å². The Balaban J connectivity index is 2.03. The molecule has 0 aliphatic carbocycles. The van der Waals surface area contributed by atoms with Crippen molar-refractivity contribution in [3.05, 3.63) is 29.3 Å².